The highest BCUT2D eigenvalue weighted by Crippen LogP contribution is 2.63. The van der Waals surface area contributed by atoms with Gasteiger partial charge in [-0.25, -0.2) is 0 Å². The zero-order valence-electron chi connectivity index (χ0n) is 8.78. The largest absolute Gasteiger partial charge is 0.0687 e. The molecule has 0 saturated heterocycles. The summed E-state index contributed by atoms with van der Waals surface area (Å²) < 4.78 is 0. The maximum atomic E-state index is 2.47. The van der Waals surface area contributed by atoms with E-state index in [-0.39, 0.29) is 0 Å². The Hall–Kier alpha value is -0.260. The third kappa shape index (κ3) is 0.787. The lowest BCUT2D eigenvalue weighted by atomic mass is 9.48. The van der Waals surface area contributed by atoms with Gasteiger partial charge in [-0.2, -0.15) is 0 Å². The van der Waals surface area contributed by atoms with E-state index in [1.54, 1.807) is 5.57 Å². The second kappa shape index (κ2) is 2.37. The van der Waals surface area contributed by atoms with Gasteiger partial charge in [0.25, 0.3) is 0 Å². The van der Waals surface area contributed by atoms with Crippen LogP contribution in [-0.4, -0.2) is 0 Å². The molecule has 0 bridgehead atoms. The van der Waals surface area contributed by atoms with Crippen LogP contribution in [0, 0.1) is 17.3 Å². The van der Waals surface area contributed by atoms with Gasteiger partial charge < -0.3 is 0 Å². The summed E-state index contributed by atoms with van der Waals surface area (Å²) in [7, 11) is 0. The topological polar surface area (TPSA) is 0 Å². The molecular weight excluding hydrogens is 144 g/mol. The summed E-state index contributed by atoms with van der Waals surface area (Å²) in [5.41, 5.74) is 4.23. The molecule has 0 nitrogen and oxygen atoms in total. The van der Waals surface area contributed by atoms with E-state index in [4.69, 9.17) is 0 Å². The van der Waals surface area contributed by atoms with Crippen molar-refractivity contribution in [2.24, 2.45) is 17.3 Å². The molecule has 0 N–H and O–H groups in total. The van der Waals surface area contributed by atoms with Gasteiger partial charge in [-0.3, -0.25) is 0 Å². The summed E-state index contributed by atoms with van der Waals surface area (Å²) in [4.78, 5) is 0. The Morgan fingerprint density at radius 1 is 1.58 bits per heavy atom. The van der Waals surface area contributed by atoms with Crippen molar-refractivity contribution < 1.29 is 0 Å². The SMILES string of the molecule is CCC(C)C1(C)CC2=C1C(C)C2. The van der Waals surface area contributed by atoms with E-state index in [1.807, 2.05) is 5.57 Å². The molecule has 12 heavy (non-hydrogen) atoms. The molecule has 0 aromatic heterocycles. The van der Waals surface area contributed by atoms with Crippen LogP contribution in [0.1, 0.15) is 47.0 Å². The predicted octanol–water partition coefficient (Wildman–Crippen LogP) is 3.78. The third-order valence-corrected chi connectivity index (χ3v) is 4.32. The van der Waals surface area contributed by atoms with Crippen molar-refractivity contribution in [3.63, 3.8) is 0 Å². The highest BCUT2D eigenvalue weighted by Gasteiger charge is 2.50. The number of hydrogen-bond acceptors (Lipinski definition) is 0. The molecule has 0 heterocycles. The smallest absolute Gasteiger partial charge is 0.00482 e. The summed E-state index contributed by atoms with van der Waals surface area (Å²) in [6, 6.07) is 0. The fourth-order valence-electron chi connectivity index (χ4n) is 3.26. The molecule has 2 aliphatic rings. The summed E-state index contributed by atoms with van der Waals surface area (Å²) in [6.45, 7) is 9.58. The van der Waals surface area contributed by atoms with Crippen LogP contribution in [0.5, 0.6) is 0 Å². The number of rotatable bonds is 2. The van der Waals surface area contributed by atoms with Gasteiger partial charge in [0.1, 0.15) is 0 Å². The van der Waals surface area contributed by atoms with Crippen molar-refractivity contribution >= 4 is 0 Å². The number of allylic oxidation sites excluding steroid dienone is 2. The van der Waals surface area contributed by atoms with Crippen LogP contribution in [-0.2, 0) is 0 Å². The van der Waals surface area contributed by atoms with Gasteiger partial charge in [-0.1, -0.05) is 45.3 Å². The molecule has 0 aromatic rings. The zero-order chi connectivity index (χ0) is 8.93. The van der Waals surface area contributed by atoms with Gasteiger partial charge in [0.15, 0.2) is 0 Å². The van der Waals surface area contributed by atoms with Gasteiger partial charge in [-0.05, 0) is 30.1 Å². The highest BCUT2D eigenvalue weighted by molar-refractivity contribution is 5.44. The summed E-state index contributed by atoms with van der Waals surface area (Å²) in [5.74, 6) is 1.80. The van der Waals surface area contributed by atoms with Gasteiger partial charge in [-0.15, -0.1) is 0 Å². The molecule has 0 aliphatic heterocycles. The zero-order valence-corrected chi connectivity index (χ0v) is 8.78. The summed E-state index contributed by atoms with van der Waals surface area (Å²) in [6.07, 6.45) is 4.14. The van der Waals surface area contributed by atoms with Crippen molar-refractivity contribution in [3.05, 3.63) is 11.1 Å². The fourth-order valence-corrected chi connectivity index (χ4v) is 3.26. The summed E-state index contributed by atoms with van der Waals surface area (Å²) in [5, 5.41) is 0. The van der Waals surface area contributed by atoms with Gasteiger partial charge in [0.2, 0.25) is 0 Å². The molecule has 0 saturated carbocycles. The first-order valence-corrected chi connectivity index (χ1v) is 5.32. The van der Waals surface area contributed by atoms with E-state index in [0.717, 1.165) is 11.8 Å². The Balaban J connectivity index is 2.18. The predicted molar refractivity (Wildman–Crippen MR) is 53.0 cm³/mol. The molecule has 0 heteroatoms. The van der Waals surface area contributed by atoms with E-state index in [1.165, 1.54) is 19.3 Å². The monoisotopic (exact) mass is 164 g/mol. The van der Waals surface area contributed by atoms with E-state index >= 15 is 0 Å². The first-order valence-electron chi connectivity index (χ1n) is 5.32. The molecule has 0 aromatic carbocycles. The average molecular weight is 164 g/mol. The first kappa shape index (κ1) is 8.34. The molecule has 0 amide bonds. The Labute approximate surface area is 76.1 Å². The van der Waals surface area contributed by atoms with E-state index in [9.17, 15) is 0 Å². The standard InChI is InChI=1S/C12H20/c1-5-9(3)12(4)7-10-6-8(2)11(10)12/h8-9H,5-7H2,1-4H3. The second-order valence-electron chi connectivity index (χ2n) is 5.03. The normalized spacial score (nSPS) is 41.5. The molecule has 3 unspecified atom stereocenters. The summed E-state index contributed by atoms with van der Waals surface area (Å²) >= 11 is 0. The minimum atomic E-state index is 0.599. The van der Waals surface area contributed by atoms with Crippen LogP contribution >= 0.6 is 0 Å². The van der Waals surface area contributed by atoms with Gasteiger partial charge >= 0.3 is 0 Å². The van der Waals surface area contributed by atoms with Gasteiger partial charge in [0, 0.05) is 0 Å². The molecule has 0 fully saturated rings. The molecule has 0 radical (unpaired) electrons. The Kier molecular flexibility index (Phi) is 1.65. The van der Waals surface area contributed by atoms with Crippen LogP contribution in [0.25, 0.3) is 0 Å². The highest BCUT2D eigenvalue weighted by atomic mass is 14.5. The lowest BCUT2D eigenvalue weighted by molar-refractivity contribution is 0.149. The van der Waals surface area contributed by atoms with Crippen molar-refractivity contribution in [2.45, 2.75) is 47.0 Å². The molecule has 2 aliphatic carbocycles. The molecule has 3 atom stereocenters. The van der Waals surface area contributed by atoms with Gasteiger partial charge in [0.05, 0.1) is 0 Å². The lowest BCUT2D eigenvalue weighted by Crippen LogP contribution is -2.45. The molecule has 2 rings (SSSR count). The first-order chi connectivity index (χ1) is 5.59. The maximum absolute atomic E-state index is 2.47. The van der Waals surface area contributed by atoms with Crippen LogP contribution in [0.15, 0.2) is 11.1 Å². The Morgan fingerprint density at radius 2 is 2.25 bits per heavy atom. The minimum absolute atomic E-state index is 0.599. The Bertz CT molecular complexity index is 236. The van der Waals surface area contributed by atoms with Crippen molar-refractivity contribution in [1.82, 2.24) is 0 Å². The molecule has 68 valence electrons. The molecule has 0 spiro atoms. The van der Waals surface area contributed by atoms with Crippen molar-refractivity contribution in [1.29, 1.82) is 0 Å². The average Bonchev–Trinajstić information content (AvgIpc) is 2.00. The fraction of sp³-hybridized carbons (Fsp3) is 0.833. The second-order valence-corrected chi connectivity index (χ2v) is 5.03. The van der Waals surface area contributed by atoms with E-state index < -0.39 is 0 Å². The van der Waals surface area contributed by atoms with Crippen molar-refractivity contribution in [2.75, 3.05) is 0 Å². The van der Waals surface area contributed by atoms with E-state index in [0.29, 0.717) is 5.41 Å². The van der Waals surface area contributed by atoms with Crippen molar-refractivity contribution in [3.8, 4) is 0 Å². The minimum Gasteiger partial charge on any atom is -0.0687 e. The van der Waals surface area contributed by atoms with Crippen LogP contribution in [0.3, 0.4) is 0 Å². The molecular formula is C12H20. The maximum Gasteiger partial charge on any atom is -0.00482 e. The Morgan fingerprint density at radius 3 is 2.67 bits per heavy atom. The van der Waals surface area contributed by atoms with E-state index in [2.05, 4.69) is 27.7 Å². The lowest BCUT2D eigenvalue weighted by Gasteiger charge is -2.56. The third-order valence-electron chi connectivity index (χ3n) is 4.32. The van der Waals surface area contributed by atoms with Crippen LogP contribution in [0.2, 0.25) is 0 Å². The van der Waals surface area contributed by atoms with Crippen LogP contribution in [0.4, 0.5) is 0 Å². The van der Waals surface area contributed by atoms with Crippen LogP contribution < -0.4 is 0 Å². The quantitative estimate of drug-likeness (QED) is 0.545. The number of hydrogen-bond donors (Lipinski definition) is 0.